The molecule has 0 aliphatic carbocycles. The smallest absolute Gasteiger partial charge is 0.352 e. The molecule has 76 valence electrons. The summed E-state index contributed by atoms with van der Waals surface area (Å²) in [7, 11) is -1.65. The molecule has 0 amide bonds. The third-order valence-electron chi connectivity index (χ3n) is 2.50. The molecule has 1 aromatic carbocycles. The number of nitrogens with one attached hydrogen (secondary N) is 1. The van der Waals surface area contributed by atoms with E-state index in [0.717, 1.165) is 17.2 Å². The van der Waals surface area contributed by atoms with Crippen LogP contribution in [0.25, 0.3) is 0 Å². The summed E-state index contributed by atoms with van der Waals surface area (Å²) in [5.41, 5.74) is 0. The number of carbonyl (C=O) groups is 1. The average Bonchev–Trinajstić information content (AvgIpc) is 2.69. The quantitative estimate of drug-likeness (QED) is 0.747. The van der Waals surface area contributed by atoms with Gasteiger partial charge in [0.25, 0.3) is 0 Å². The summed E-state index contributed by atoms with van der Waals surface area (Å²) < 4.78 is 0. The van der Waals surface area contributed by atoms with Gasteiger partial charge in [0.2, 0.25) is 0 Å². The minimum Gasteiger partial charge on any atom is -0.474 e. The molecule has 3 nitrogen and oxygen atoms in total. The summed E-state index contributed by atoms with van der Waals surface area (Å²) in [4.78, 5) is 12.3. The number of benzene rings is 1. The fourth-order valence-corrected chi connectivity index (χ4v) is 4.41. The van der Waals surface area contributed by atoms with Gasteiger partial charge in [-0.05, 0) is 12.1 Å². The van der Waals surface area contributed by atoms with Gasteiger partial charge in [-0.1, -0.05) is 18.2 Å². The van der Waals surface area contributed by atoms with Crippen molar-refractivity contribution in [2.45, 2.75) is 4.90 Å². The number of hydrogen-bond acceptors (Lipinski definition) is 2. The molecule has 1 heterocycles. The molecule has 0 saturated carbocycles. The maximum absolute atomic E-state index is 11.3. The summed E-state index contributed by atoms with van der Waals surface area (Å²) in [6.07, 6.45) is 0. The molecule has 1 aliphatic heterocycles. The maximum atomic E-state index is 11.3. The Labute approximate surface area is 84.5 Å². The van der Waals surface area contributed by atoms with E-state index < -0.39 is 15.3 Å². The molecule has 1 aliphatic rings. The van der Waals surface area contributed by atoms with Gasteiger partial charge in [-0.25, -0.2) is 4.79 Å². The highest BCUT2D eigenvalue weighted by Crippen LogP contribution is 2.57. The third-order valence-corrected chi connectivity index (χ3v) is 5.95. The highest BCUT2D eigenvalue weighted by atomic mass is 32.3. The molecule has 0 aromatic heterocycles. The molecular formula is C10H13NO2S. The molecule has 2 N–H and O–H groups in total. The van der Waals surface area contributed by atoms with Crippen LogP contribution in [0.4, 0.5) is 4.79 Å². The van der Waals surface area contributed by atoms with Crippen molar-refractivity contribution in [3.8, 4) is 0 Å². The van der Waals surface area contributed by atoms with Crippen molar-refractivity contribution in [3.05, 3.63) is 30.3 Å². The molecular weight excluding hydrogens is 198 g/mol. The first kappa shape index (κ1) is 9.55. The van der Waals surface area contributed by atoms with Gasteiger partial charge in [0.15, 0.2) is 0 Å². The molecule has 1 fully saturated rings. The molecule has 2 rings (SSSR count). The second-order valence-electron chi connectivity index (χ2n) is 3.31. The van der Waals surface area contributed by atoms with Gasteiger partial charge in [0, 0.05) is 23.1 Å². The van der Waals surface area contributed by atoms with Crippen LogP contribution in [0.3, 0.4) is 0 Å². The van der Waals surface area contributed by atoms with Gasteiger partial charge in [-0.3, -0.25) is 0 Å². The van der Waals surface area contributed by atoms with Crippen LogP contribution in [0.1, 0.15) is 0 Å². The SMILES string of the molecule is O=C(O)S1(c2ccccc2)CCNC1. The molecule has 0 bridgehead atoms. The van der Waals surface area contributed by atoms with Crippen LogP contribution < -0.4 is 5.32 Å². The Morgan fingerprint density at radius 1 is 1.36 bits per heavy atom. The molecule has 14 heavy (non-hydrogen) atoms. The maximum Gasteiger partial charge on any atom is 0.352 e. The van der Waals surface area contributed by atoms with Crippen molar-refractivity contribution in [1.29, 1.82) is 0 Å². The first-order chi connectivity index (χ1) is 6.76. The molecule has 4 heteroatoms. The van der Waals surface area contributed by atoms with Gasteiger partial charge in [0.05, 0.1) is 0 Å². The van der Waals surface area contributed by atoms with Crippen LogP contribution in [0, 0.1) is 0 Å². The Balaban J connectivity index is 2.42. The zero-order valence-corrected chi connectivity index (χ0v) is 8.59. The lowest BCUT2D eigenvalue weighted by atomic mass is 10.4. The van der Waals surface area contributed by atoms with Crippen LogP contribution >= 0.6 is 10.0 Å². The predicted molar refractivity (Wildman–Crippen MR) is 58.1 cm³/mol. The third kappa shape index (κ3) is 1.40. The minimum absolute atomic E-state index is 0.617. The Hall–Kier alpha value is -1.00. The summed E-state index contributed by atoms with van der Waals surface area (Å²) in [6.45, 7) is 0.816. The second kappa shape index (κ2) is 3.63. The summed E-state index contributed by atoms with van der Waals surface area (Å²) in [5.74, 6) is 1.37. The van der Waals surface area contributed by atoms with Crippen molar-refractivity contribution in [2.24, 2.45) is 0 Å². The first-order valence-electron chi connectivity index (χ1n) is 4.53. The lowest BCUT2D eigenvalue weighted by Gasteiger charge is -2.29. The van der Waals surface area contributed by atoms with E-state index in [0.29, 0.717) is 5.88 Å². The van der Waals surface area contributed by atoms with E-state index in [1.165, 1.54) is 0 Å². The molecule has 1 saturated heterocycles. The predicted octanol–water partition coefficient (Wildman–Crippen LogP) is 2.09. The molecule has 1 atom stereocenters. The Morgan fingerprint density at radius 3 is 2.57 bits per heavy atom. The highest BCUT2D eigenvalue weighted by Gasteiger charge is 2.37. The normalized spacial score (nSPS) is 30.9. The fraction of sp³-hybridized carbons (Fsp3) is 0.300. The van der Waals surface area contributed by atoms with Crippen molar-refractivity contribution in [3.63, 3.8) is 0 Å². The van der Waals surface area contributed by atoms with Gasteiger partial charge < -0.3 is 10.4 Å². The molecule has 1 aromatic rings. The van der Waals surface area contributed by atoms with E-state index in [1.807, 2.05) is 30.3 Å². The first-order valence-corrected chi connectivity index (χ1v) is 6.50. The van der Waals surface area contributed by atoms with E-state index in [9.17, 15) is 9.90 Å². The van der Waals surface area contributed by atoms with Crippen molar-refractivity contribution >= 4 is 15.3 Å². The van der Waals surface area contributed by atoms with Crippen molar-refractivity contribution in [2.75, 3.05) is 18.2 Å². The summed E-state index contributed by atoms with van der Waals surface area (Å²) >= 11 is 0. The number of carboxylic acid groups (broad SMARTS) is 1. The molecule has 1 unspecified atom stereocenters. The largest absolute Gasteiger partial charge is 0.474 e. The Kier molecular flexibility index (Phi) is 2.48. The number of rotatable bonds is 1. The average molecular weight is 211 g/mol. The van der Waals surface area contributed by atoms with E-state index in [1.54, 1.807) is 0 Å². The monoisotopic (exact) mass is 211 g/mol. The standard InChI is InChI=1S/C10H13NO2S/c12-10(13)14(7-6-11-8-14)9-4-2-1-3-5-9/h1-5,11H,6-8H2,(H,12,13). The lowest BCUT2D eigenvalue weighted by Crippen LogP contribution is -2.15. The molecule has 0 radical (unpaired) electrons. The van der Waals surface area contributed by atoms with Crippen molar-refractivity contribution < 1.29 is 9.90 Å². The van der Waals surface area contributed by atoms with Crippen LogP contribution in [-0.2, 0) is 0 Å². The fourth-order valence-electron chi connectivity index (χ4n) is 1.70. The number of hydrogen-bond donors (Lipinski definition) is 2. The molecule has 0 spiro atoms. The van der Waals surface area contributed by atoms with Crippen LogP contribution in [-0.4, -0.2) is 28.6 Å². The van der Waals surface area contributed by atoms with E-state index >= 15 is 0 Å². The van der Waals surface area contributed by atoms with Gasteiger partial charge in [-0.2, -0.15) is 0 Å². The van der Waals surface area contributed by atoms with Crippen LogP contribution in [0.2, 0.25) is 0 Å². The van der Waals surface area contributed by atoms with Gasteiger partial charge in [-0.15, -0.1) is 10.0 Å². The van der Waals surface area contributed by atoms with Gasteiger partial charge in [0.1, 0.15) is 0 Å². The van der Waals surface area contributed by atoms with Crippen molar-refractivity contribution in [1.82, 2.24) is 5.32 Å². The zero-order valence-electron chi connectivity index (χ0n) is 7.77. The van der Waals surface area contributed by atoms with Crippen LogP contribution in [0.15, 0.2) is 35.2 Å². The van der Waals surface area contributed by atoms with Crippen LogP contribution in [0.5, 0.6) is 0 Å². The summed E-state index contributed by atoms with van der Waals surface area (Å²) in [5, 5.41) is 11.8. The van der Waals surface area contributed by atoms with E-state index in [2.05, 4.69) is 5.32 Å². The van der Waals surface area contributed by atoms with Gasteiger partial charge >= 0.3 is 5.30 Å². The lowest BCUT2D eigenvalue weighted by molar-refractivity contribution is 0.221. The topological polar surface area (TPSA) is 49.3 Å². The van der Waals surface area contributed by atoms with E-state index in [4.69, 9.17) is 0 Å². The second-order valence-corrected chi connectivity index (χ2v) is 6.60. The minimum atomic E-state index is -1.65. The zero-order chi connectivity index (χ0) is 10.0. The Morgan fingerprint density at radius 2 is 2.07 bits per heavy atom. The van der Waals surface area contributed by atoms with E-state index in [-0.39, 0.29) is 0 Å². The highest BCUT2D eigenvalue weighted by molar-refractivity contribution is 8.45. The Bertz CT molecular complexity index is 333. The summed E-state index contributed by atoms with van der Waals surface area (Å²) in [6, 6.07) is 9.59.